The van der Waals surface area contributed by atoms with E-state index in [4.69, 9.17) is 11.6 Å². The summed E-state index contributed by atoms with van der Waals surface area (Å²) < 4.78 is 40.1. The number of alkyl halides is 3. The maximum absolute atomic E-state index is 13.4. The highest BCUT2D eigenvalue weighted by Gasteiger charge is 2.34. The summed E-state index contributed by atoms with van der Waals surface area (Å²) in [6, 6.07) is 13.4. The molecule has 10 heteroatoms. The van der Waals surface area contributed by atoms with Gasteiger partial charge in [0.1, 0.15) is 5.82 Å². The number of nitrogens with zero attached hydrogens (tertiary/aromatic N) is 3. The van der Waals surface area contributed by atoms with Crippen LogP contribution in [0, 0.1) is 11.8 Å². The lowest BCUT2D eigenvalue weighted by Crippen LogP contribution is -2.34. The van der Waals surface area contributed by atoms with Crippen LogP contribution in [0.15, 0.2) is 48.5 Å². The van der Waals surface area contributed by atoms with Crippen molar-refractivity contribution < 1.29 is 18.0 Å². The normalized spacial score (nSPS) is 17.7. The zero-order valence-electron chi connectivity index (χ0n) is 21.2. The second-order valence-corrected chi connectivity index (χ2v) is 10.1. The maximum Gasteiger partial charge on any atom is 0.416 e. The lowest BCUT2D eigenvalue weighted by Gasteiger charge is -2.28. The molecular formula is C28H31ClF3N5O. The summed E-state index contributed by atoms with van der Waals surface area (Å²) in [6.45, 7) is -0.178. The van der Waals surface area contributed by atoms with Crippen molar-refractivity contribution in [3.8, 4) is 11.4 Å². The molecule has 3 aromatic rings. The average molecular weight is 546 g/mol. The van der Waals surface area contributed by atoms with E-state index in [1.165, 1.54) is 12.1 Å². The van der Waals surface area contributed by atoms with Crippen molar-refractivity contribution in [3.63, 3.8) is 0 Å². The van der Waals surface area contributed by atoms with Crippen molar-refractivity contribution in [1.82, 2.24) is 20.3 Å². The third-order valence-electron chi connectivity index (χ3n) is 6.93. The Morgan fingerprint density at radius 3 is 2.61 bits per heavy atom. The molecule has 1 aliphatic rings. The molecule has 2 atom stereocenters. The van der Waals surface area contributed by atoms with Crippen LogP contribution in [0.25, 0.3) is 11.4 Å². The van der Waals surface area contributed by atoms with Gasteiger partial charge in [-0.05, 0) is 49.3 Å². The van der Waals surface area contributed by atoms with Crippen LogP contribution in [0.1, 0.15) is 55.5 Å². The molecule has 1 amide bonds. The number of halogens is 4. The molecule has 2 aromatic carbocycles. The predicted octanol–water partition coefficient (Wildman–Crippen LogP) is 6.70. The molecular weight excluding hydrogens is 515 g/mol. The van der Waals surface area contributed by atoms with Crippen LogP contribution in [0.3, 0.4) is 0 Å². The minimum Gasteiger partial charge on any atom is -0.357 e. The van der Waals surface area contributed by atoms with Crippen molar-refractivity contribution in [2.75, 3.05) is 12.4 Å². The van der Waals surface area contributed by atoms with Gasteiger partial charge in [-0.1, -0.05) is 60.8 Å². The first-order valence-corrected chi connectivity index (χ1v) is 13.2. The zero-order valence-corrected chi connectivity index (χ0v) is 21.9. The van der Waals surface area contributed by atoms with Gasteiger partial charge in [-0.2, -0.15) is 23.1 Å². The van der Waals surface area contributed by atoms with E-state index in [0.29, 0.717) is 24.1 Å². The second-order valence-electron chi connectivity index (χ2n) is 9.65. The molecule has 0 bridgehead atoms. The first-order chi connectivity index (χ1) is 18.2. The number of hydrogen-bond acceptors (Lipinski definition) is 5. The molecule has 4 rings (SSSR count). The molecule has 1 aromatic heterocycles. The van der Waals surface area contributed by atoms with Gasteiger partial charge in [0.25, 0.3) is 0 Å². The number of carbonyl (C=O) groups is 1. The molecule has 0 unspecified atom stereocenters. The minimum atomic E-state index is -4.53. The summed E-state index contributed by atoms with van der Waals surface area (Å²) in [7, 11) is 1.78. The van der Waals surface area contributed by atoms with Crippen LogP contribution in [0.2, 0.25) is 5.02 Å². The lowest BCUT2D eigenvalue weighted by atomic mass is 9.78. The molecule has 202 valence electrons. The number of rotatable bonds is 9. The van der Waals surface area contributed by atoms with Crippen molar-refractivity contribution in [2.24, 2.45) is 11.8 Å². The summed E-state index contributed by atoms with van der Waals surface area (Å²) in [5.74, 6) is 1.85. The van der Waals surface area contributed by atoms with Gasteiger partial charge < -0.3 is 10.6 Å². The van der Waals surface area contributed by atoms with Crippen molar-refractivity contribution in [2.45, 2.75) is 57.7 Å². The van der Waals surface area contributed by atoms with E-state index in [0.717, 1.165) is 56.0 Å². The Kier molecular flexibility index (Phi) is 9.20. The Labute approximate surface area is 225 Å². The third kappa shape index (κ3) is 7.43. The molecule has 0 spiro atoms. The highest BCUT2D eigenvalue weighted by molar-refractivity contribution is 6.30. The number of nitrogens with one attached hydrogen (secondary N) is 2. The number of benzene rings is 2. The van der Waals surface area contributed by atoms with Crippen LogP contribution < -0.4 is 10.6 Å². The van der Waals surface area contributed by atoms with Crippen molar-refractivity contribution in [1.29, 1.82) is 0 Å². The smallest absolute Gasteiger partial charge is 0.357 e. The molecule has 0 radical (unpaired) electrons. The van der Waals surface area contributed by atoms with E-state index < -0.39 is 11.7 Å². The van der Waals surface area contributed by atoms with Gasteiger partial charge in [0.05, 0.1) is 5.56 Å². The van der Waals surface area contributed by atoms with E-state index >= 15 is 0 Å². The quantitative estimate of drug-likeness (QED) is 0.313. The molecule has 38 heavy (non-hydrogen) atoms. The second kappa shape index (κ2) is 12.6. The first kappa shape index (κ1) is 27.8. The molecule has 1 aliphatic carbocycles. The van der Waals surface area contributed by atoms with Gasteiger partial charge in [-0.25, -0.2) is 4.98 Å². The van der Waals surface area contributed by atoms with E-state index in [-0.39, 0.29) is 29.0 Å². The standard InChI is InChI=1S/C28H31ClF3N5O/c1-33-27-36-24(35-25(37-27)19-9-3-2-4-10-19)12-6-8-18-7-5-11-20(15-18)26(38)34-17-21-13-14-22(29)16-23(21)28(30,31)32/h2-4,9-10,13-14,16,18,20H,5-8,11-12,15,17H2,1H3,(H,34,38)(H,33,35,36,37)/t18-,20-/m0/s1. The monoisotopic (exact) mass is 545 g/mol. The number of anilines is 1. The zero-order chi connectivity index (χ0) is 27.1. The number of carbonyl (C=O) groups excluding carboxylic acids is 1. The molecule has 2 N–H and O–H groups in total. The summed E-state index contributed by atoms with van der Waals surface area (Å²) in [5.41, 5.74) is 0.118. The number of amides is 1. The Morgan fingerprint density at radius 1 is 1.08 bits per heavy atom. The van der Waals surface area contributed by atoms with Gasteiger partial charge in [-0.15, -0.1) is 0 Å². The predicted molar refractivity (Wildman–Crippen MR) is 141 cm³/mol. The van der Waals surface area contributed by atoms with Crippen LogP contribution in [0.4, 0.5) is 19.1 Å². The number of aryl methyl sites for hydroxylation is 1. The molecule has 0 saturated heterocycles. The van der Waals surface area contributed by atoms with Crippen LogP contribution in [-0.2, 0) is 23.9 Å². The summed E-state index contributed by atoms with van der Waals surface area (Å²) in [4.78, 5) is 26.4. The van der Waals surface area contributed by atoms with Crippen LogP contribution in [-0.4, -0.2) is 27.9 Å². The Hall–Kier alpha value is -3.20. The Bertz CT molecular complexity index is 1240. The fourth-order valence-corrected chi connectivity index (χ4v) is 5.17. The highest BCUT2D eigenvalue weighted by atomic mass is 35.5. The van der Waals surface area contributed by atoms with Crippen LogP contribution >= 0.6 is 11.6 Å². The van der Waals surface area contributed by atoms with E-state index in [1.807, 2.05) is 30.3 Å². The lowest BCUT2D eigenvalue weighted by molar-refractivity contribution is -0.138. The summed E-state index contributed by atoms with van der Waals surface area (Å²) in [6.07, 6.45) is 1.40. The van der Waals surface area contributed by atoms with E-state index in [2.05, 4.69) is 25.6 Å². The third-order valence-corrected chi connectivity index (χ3v) is 7.17. The topological polar surface area (TPSA) is 79.8 Å². The van der Waals surface area contributed by atoms with Crippen molar-refractivity contribution in [3.05, 3.63) is 70.5 Å². The van der Waals surface area contributed by atoms with Gasteiger partial charge >= 0.3 is 6.18 Å². The highest BCUT2D eigenvalue weighted by Crippen LogP contribution is 2.35. The SMILES string of the molecule is CNc1nc(CCC[C@@H]2CCC[C@H](C(=O)NCc3ccc(Cl)cc3C(F)(F)F)C2)nc(-c2ccccc2)n1. The summed E-state index contributed by atoms with van der Waals surface area (Å²) >= 11 is 5.75. The average Bonchev–Trinajstić information content (AvgIpc) is 2.92. The summed E-state index contributed by atoms with van der Waals surface area (Å²) in [5, 5.41) is 5.73. The Morgan fingerprint density at radius 2 is 1.87 bits per heavy atom. The van der Waals surface area contributed by atoms with Gasteiger partial charge in [0, 0.05) is 36.5 Å². The van der Waals surface area contributed by atoms with Crippen molar-refractivity contribution >= 4 is 23.5 Å². The minimum absolute atomic E-state index is 0.00997. The fourth-order valence-electron chi connectivity index (χ4n) is 4.99. The fraction of sp³-hybridized carbons (Fsp3) is 0.429. The number of hydrogen-bond donors (Lipinski definition) is 2. The largest absolute Gasteiger partial charge is 0.416 e. The molecule has 6 nitrogen and oxygen atoms in total. The van der Waals surface area contributed by atoms with Gasteiger partial charge in [0.2, 0.25) is 11.9 Å². The molecule has 1 heterocycles. The number of aromatic nitrogens is 3. The van der Waals surface area contributed by atoms with Gasteiger partial charge in [-0.3, -0.25) is 4.79 Å². The Balaban J connectivity index is 1.30. The van der Waals surface area contributed by atoms with E-state index in [9.17, 15) is 18.0 Å². The molecule has 0 aliphatic heterocycles. The molecule has 1 saturated carbocycles. The van der Waals surface area contributed by atoms with Gasteiger partial charge in [0.15, 0.2) is 5.82 Å². The first-order valence-electron chi connectivity index (χ1n) is 12.8. The molecule has 1 fully saturated rings. The van der Waals surface area contributed by atoms with E-state index in [1.54, 1.807) is 7.05 Å². The van der Waals surface area contributed by atoms with Crippen LogP contribution in [0.5, 0.6) is 0 Å². The maximum atomic E-state index is 13.4.